The van der Waals surface area contributed by atoms with Crippen molar-refractivity contribution in [1.29, 1.82) is 0 Å². The summed E-state index contributed by atoms with van der Waals surface area (Å²) in [6.45, 7) is 0. The molecule has 0 unspecified atom stereocenters. The van der Waals surface area contributed by atoms with Crippen molar-refractivity contribution in [2.45, 2.75) is 38.1 Å². The van der Waals surface area contributed by atoms with Crippen molar-refractivity contribution >= 4 is 17.3 Å². The van der Waals surface area contributed by atoms with Gasteiger partial charge in [0.25, 0.3) is 11.6 Å². The molecule has 0 saturated heterocycles. The number of rotatable bonds is 3. The van der Waals surface area contributed by atoms with E-state index in [-0.39, 0.29) is 17.3 Å². The van der Waals surface area contributed by atoms with Crippen LogP contribution in [0.1, 0.15) is 42.5 Å². The number of hydrogen-bond acceptors (Lipinski definition) is 4. The van der Waals surface area contributed by atoms with Crippen LogP contribution in [0.2, 0.25) is 0 Å². The van der Waals surface area contributed by atoms with E-state index in [0.717, 1.165) is 44.2 Å². The van der Waals surface area contributed by atoms with E-state index in [2.05, 4.69) is 0 Å². The van der Waals surface area contributed by atoms with E-state index in [1.54, 1.807) is 7.05 Å². The fourth-order valence-corrected chi connectivity index (χ4v) is 2.76. The summed E-state index contributed by atoms with van der Waals surface area (Å²) in [5, 5.41) is 10.9. The zero-order valence-corrected chi connectivity index (χ0v) is 11.8. The number of nitrogens with zero attached hydrogens (tertiary/aromatic N) is 2. The molecule has 1 aromatic carbocycles. The highest BCUT2D eigenvalue weighted by molar-refractivity contribution is 6.01. The zero-order valence-electron chi connectivity index (χ0n) is 11.8. The standard InChI is InChI=1S/C14H18FN3O3/c1-17(10-5-3-2-4-6-10)14(19)11-7-9(15)8-12(13(11)16)18(20)21/h7-8,10H,2-6,16H2,1H3. The quantitative estimate of drug-likeness (QED) is 0.527. The van der Waals surface area contributed by atoms with Gasteiger partial charge in [-0.1, -0.05) is 19.3 Å². The highest BCUT2D eigenvalue weighted by Gasteiger charge is 2.27. The smallest absolute Gasteiger partial charge is 0.295 e. The van der Waals surface area contributed by atoms with Crippen LogP contribution in [0.15, 0.2) is 12.1 Å². The van der Waals surface area contributed by atoms with Crippen LogP contribution in [0, 0.1) is 15.9 Å². The van der Waals surface area contributed by atoms with Crippen LogP contribution >= 0.6 is 0 Å². The van der Waals surface area contributed by atoms with Crippen molar-refractivity contribution < 1.29 is 14.1 Å². The Bertz CT molecular complexity index is 571. The van der Waals surface area contributed by atoms with E-state index in [1.165, 1.54) is 4.90 Å². The first-order chi connectivity index (χ1) is 9.91. The number of carbonyl (C=O) groups excluding carboxylic acids is 1. The van der Waals surface area contributed by atoms with E-state index >= 15 is 0 Å². The zero-order chi connectivity index (χ0) is 15.6. The molecule has 6 nitrogen and oxygen atoms in total. The Labute approximate surface area is 121 Å². The molecule has 1 aliphatic rings. The van der Waals surface area contributed by atoms with Gasteiger partial charge in [-0.3, -0.25) is 14.9 Å². The van der Waals surface area contributed by atoms with Gasteiger partial charge in [-0.05, 0) is 18.9 Å². The Hall–Kier alpha value is -2.18. The molecular weight excluding hydrogens is 277 g/mol. The minimum Gasteiger partial charge on any atom is -0.393 e. The number of anilines is 1. The molecule has 0 aromatic heterocycles. The molecule has 0 heterocycles. The van der Waals surface area contributed by atoms with Crippen LogP contribution in [0.4, 0.5) is 15.8 Å². The first-order valence-electron chi connectivity index (χ1n) is 6.92. The number of nitro groups is 1. The third-order valence-electron chi connectivity index (χ3n) is 3.99. The SMILES string of the molecule is CN(C(=O)c1cc(F)cc([N+](=O)[O-])c1N)C1CCCCC1. The van der Waals surface area contributed by atoms with Crippen molar-refractivity contribution in [1.82, 2.24) is 4.90 Å². The van der Waals surface area contributed by atoms with Gasteiger partial charge < -0.3 is 10.6 Å². The number of hydrogen-bond donors (Lipinski definition) is 1. The number of nitro benzene ring substituents is 1. The van der Waals surface area contributed by atoms with Crippen molar-refractivity contribution in [2.24, 2.45) is 0 Å². The Morgan fingerprint density at radius 3 is 2.57 bits per heavy atom. The minimum absolute atomic E-state index is 0.0768. The molecule has 0 aliphatic heterocycles. The fourth-order valence-electron chi connectivity index (χ4n) is 2.76. The second kappa shape index (κ2) is 6.07. The van der Waals surface area contributed by atoms with Gasteiger partial charge in [0.15, 0.2) is 0 Å². The maximum atomic E-state index is 13.5. The van der Waals surface area contributed by atoms with Gasteiger partial charge >= 0.3 is 0 Å². The topological polar surface area (TPSA) is 89.5 Å². The number of carbonyl (C=O) groups is 1. The lowest BCUT2D eigenvalue weighted by molar-refractivity contribution is -0.384. The molecule has 1 aliphatic carbocycles. The summed E-state index contributed by atoms with van der Waals surface area (Å²) in [5.41, 5.74) is 4.66. The van der Waals surface area contributed by atoms with E-state index in [0.29, 0.717) is 0 Å². The molecule has 21 heavy (non-hydrogen) atoms. The molecule has 0 bridgehead atoms. The van der Waals surface area contributed by atoms with Crippen LogP contribution in [0.3, 0.4) is 0 Å². The predicted molar refractivity (Wildman–Crippen MR) is 76.4 cm³/mol. The molecule has 1 fully saturated rings. The molecule has 1 saturated carbocycles. The van der Waals surface area contributed by atoms with Crippen molar-refractivity contribution in [3.63, 3.8) is 0 Å². The summed E-state index contributed by atoms with van der Waals surface area (Å²) < 4.78 is 13.5. The monoisotopic (exact) mass is 295 g/mol. The summed E-state index contributed by atoms with van der Waals surface area (Å²) in [6, 6.07) is 1.77. The lowest BCUT2D eigenvalue weighted by Gasteiger charge is -2.31. The molecule has 7 heteroatoms. The lowest BCUT2D eigenvalue weighted by atomic mass is 9.94. The van der Waals surface area contributed by atoms with E-state index in [4.69, 9.17) is 5.73 Å². The summed E-state index contributed by atoms with van der Waals surface area (Å²) in [5.74, 6) is -1.31. The first-order valence-corrected chi connectivity index (χ1v) is 6.92. The number of nitrogens with two attached hydrogens (primary N) is 1. The average molecular weight is 295 g/mol. The van der Waals surface area contributed by atoms with Crippen LogP contribution in [-0.2, 0) is 0 Å². The van der Waals surface area contributed by atoms with Crippen LogP contribution in [0.25, 0.3) is 0 Å². The Kier molecular flexibility index (Phi) is 4.40. The molecule has 1 aromatic rings. The molecule has 0 radical (unpaired) electrons. The van der Waals surface area contributed by atoms with E-state index < -0.39 is 22.3 Å². The Morgan fingerprint density at radius 1 is 1.38 bits per heavy atom. The number of benzene rings is 1. The number of halogens is 1. The third-order valence-corrected chi connectivity index (χ3v) is 3.99. The molecule has 0 spiro atoms. The maximum Gasteiger partial charge on any atom is 0.295 e. The highest BCUT2D eigenvalue weighted by Crippen LogP contribution is 2.29. The van der Waals surface area contributed by atoms with Crippen molar-refractivity contribution in [2.75, 3.05) is 12.8 Å². The highest BCUT2D eigenvalue weighted by atomic mass is 19.1. The first kappa shape index (κ1) is 15.2. The van der Waals surface area contributed by atoms with Gasteiger partial charge in [0.2, 0.25) is 0 Å². The Morgan fingerprint density at radius 2 is 2.00 bits per heavy atom. The molecule has 2 N–H and O–H groups in total. The maximum absolute atomic E-state index is 13.5. The minimum atomic E-state index is -0.837. The normalized spacial score (nSPS) is 15.7. The van der Waals surface area contributed by atoms with Crippen molar-refractivity contribution in [3.8, 4) is 0 Å². The second-order valence-corrected chi connectivity index (χ2v) is 5.35. The molecule has 1 amide bonds. The van der Waals surface area contributed by atoms with E-state index in [1.807, 2.05) is 0 Å². The molecule has 114 valence electrons. The average Bonchev–Trinajstić information content (AvgIpc) is 2.48. The summed E-state index contributed by atoms with van der Waals surface area (Å²) in [7, 11) is 1.63. The van der Waals surface area contributed by atoms with Crippen LogP contribution in [0.5, 0.6) is 0 Å². The molecule has 0 atom stereocenters. The summed E-state index contributed by atoms with van der Waals surface area (Å²) in [4.78, 5) is 24.0. The lowest BCUT2D eigenvalue weighted by Crippen LogP contribution is -2.38. The van der Waals surface area contributed by atoms with Gasteiger partial charge in [-0.25, -0.2) is 4.39 Å². The number of amides is 1. The third kappa shape index (κ3) is 3.12. The van der Waals surface area contributed by atoms with Gasteiger partial charge in [-0.15, -0.1) is 0 Å². The van der Waals surface area contributed by atoms with Gasteiger partial charge in [0.1, 0.15) is 11.5 Å². The largest absolute Gasteiger partial charge is 0.393 e. The predicted octanol–water partition coefficient (Wildman–Crippen LogP) is 2.72. The van der Waals surface area contributed by atoms with Crippen LogP contribution < -0.4 is 5.73 Å². The summed E-state index contributed by atoms with van der Waals surface area (Å²) in [6.07, 6.45) is 5.01. The fraction of sp³-hybridized carbons (Fsp3) is 0.500. The van der Waals surface area contributed by atoms with Crippen molar-refractivity contribution in [3.05, 3.63) is 33.6 Å². The van der Waals surface area contributed by atoms with Crippen LogP contribution in [-0.4, -0.2) is 28.8 Å². The van der Waals surface area contributed by atoms with E-state index in [9.17, 15) is 19.3 Å². The molecule has 2 rings (SSSR count). The van der Waals surface area contributed by atoms with Gasteiger partial charge in [-0.2, -0.15) is 0 Å². The summed E-state index contributed by atoms with van der Waals surface area (Å²) >= 11 is 0. The van der Waals surface area contributed by atoms with Gasteiger partial charge in [0, 0.05) is 13.1 Å². The molecular formula is C14H18FN3O3. The second-order valence-electron chi connectivity index (χ2n) is 5.35. The Balaban J connectivity index is 2.32. The van der Waals surface area contributed by atoms with Gasteiger partial charge in [0.05, 0.1) is 16.6 Å². The number of nitrogen functional groups attached to an aromatic ring is 1.